The molecule has 0 aliphatic heterocycles. The summed E-state index contributed by atoms with van der Waals surface area (Å²) in [6, 6.07) is 0. The second-order valence-electron chi connectivity index (χ2n) is 13.7. The summed E-state index contributed by atoms with van der Waals surface area (Å²) in [5.74, 6) is -1.26. The molecule has 0 aromatic rings. The van der Waals surface area contributed by atoms with Crippen molar-refractivity contribution in [1.29, 1.82) is 0 Å². The van der Waals surface area contributed by atoms with Gasteiger partial charge in [0.05, 0.1) is 6.61 Å². The van der Waals surface area contributed by atoms with Crippen LogP contribution in [0.4, 0.5) is 0 Å². The number of aliphatic hydroxyl groups is 3. The van der Waals surface area contributed by atoms with Gasteiger partial charge in [-0.25, -0.2) is 0 Å². The Morgan fingerprint density at radius 2 is 0.778 bits per heavy atom. The molecule has 0 radical (unpaired) electrons. The molecule has 3 atom stereocenters. The lowest BCUT2D eigenvalue weighted by Gasteiger charge is -2.37. The van der Waals surface area contributed by atoms with Crippen LogP contribution in [-0.4, -0.2) is 44.4 Å². The minimum absolute atomic E-state index is 0.0483. The number of carbonyl (C=O) groups is 2. The summed E-state index contributed by atoms with van der Waals surface area (Å²) in [4.78, 5) is 25.7. The van der Waals surface area contributed by atoms with Crippen molar-refractivity contribution < 1.29 is 24.9 Å². The van der Waals surface area contributed by atoms with Gasteiger partial charge in [0.15, 0.2) is 22.5 Å². The van der Waals surface area contributed by atoms with Crippen LogP contribution in [0.15, 0.2) is 12.2 Å². The van der Waals surface area contributed by atoms with Crippen molar-refractivity contribution in [1.82, 2.24) is 0 Å². The molecule has 5 nitrogen and oxygen atoms in total. The molecule has 0 heterocycles. The van der Waals surface area contributed by atoms with E-state index in [-0.39, 0.29) is 12.8 Å². The van der Waals surface area contributed by atoms with E-state index in [0.717, 1.165) is 51.4 Å². The molecular formula is C39H75O5P. The minimum atomic E-state index is -2.48. The standard InChI is InChI=1S/C39H75O5P/c1-3-5-7-9-11-13-15-17-19-21-23-25-27-29-31-33-36(41)38(43,35-40)39(44,45)37(42)34-32-30-28-26-24-22-20-18-16-14-12-10-8-6-4-2/h18,20,40,43-44H,3-17,19,21-35,45H2,1-2H3. The molecule has 0 saturated carbocycles. The van der Waals surface area contributed by atoms with E-state index < -0.39 is 29.1 Å². The molecule has 0 bridgehead atoms. The normalized spacial score (nSPS) is 14.5. The van der Waals surface area contributed by atoms with Gasteiger partial charge in [-0.2, -0.15) is 0 Å². The van der Waals surface area contributed by atoms with Gasteiger partial charge in [-0.3, -0.25) is 9.59 Å². The highest BCUT2D eigenvalue weighted by atomic mass is 31.0. The number of ketones is 2. The van der Waals surface area contributed by atoms with Crippen molar-refractivity contribution in [3.8, 4) is 0 Å². The molecule has 3 unspecified atom stereocenters. The Morgan fingerprint density at radius 3 is 1.11 bits per heavy atom. The van der Waals surface area contributed by atoms with Crippen LogP contribution < -0.4 is 0 Å². The maximum Gasteiger partial charge on any atom is 0.185 e. The van der Waals surface area contributed by atoms with E-state index in [9.17, 15) is 24.9 Å². The molecule has 0 amide bonds. The first-order chi connectivity index (χ1) is 21.8. The van der Waals surface area contributed by atoms with Crippen LogP contribution in [0.5, 0.6) is 0 Å². The molecule has 0 aromatic heterocycles. The molecule has 0 aliphatic carbocycles. The zero-order valence-corrected chi connectivity index (χ0v) is 31.0. The molecule has 0 saturated heterocycles. The summed E-state index contributed by atoms with van der Waals surface area (Å²) in [6.45, 7) is 3.53. The van der Waals surface area contributed by atoms with E-state index in [4.69, 9.17) is 0 Å². The van der Waals surface area contributed by atoms with Crippen LogP contribution in [0.1, 0.15) is 206 Å². The number of unbranched alkanes of at least 4 members (excludes halogenated alkanes) is 25. The Labute approximate surface area is 281 Å². The molecule has 45 heavy (non-hydrogen) atoms. The molecule has 266 valence electrons. The van der Waals surface area contributed by atoms with Crippen molar-refractivity contribution in [3.63, 3.8) is 0 Å². The fourth-order valence-electron chi connectivity index (χ4n) is 6.06. The van der Waals surface area contributed by atoms with Crippen LogP contribution >= 0.6 is 9.24 Å². The highest BCUT2D eigenvalue weighted by Crippen LogP contribution is 2.34. The van der Waals surface area contributed by atoms with Gasteiger partial charge in [-0.15, -0.1) is 0 Å². The maximum atomic E-state index is 12.9. The molecule has 0 fully saturated rings. The number of allylic oxidation sites excluding steroid dienone is 2. The van der Waals surface area contributed by atoms with E-state index in [0.29, 0.717) is 12.8 Å². The SMILES string of the molecule is CCCCCCCCC=CCCCCCCCC(=O)C(O)(P)C(O)(CO)C(=O)CCCCCCCCCCCCCCCCC. The number of aliphatic hydroxyl groups excluding tert-OH is 1. The van der Waals surface area contributed by atoms with Gasteiger partial charge < -0.3 is 15.3 Å². The third-order valence-electron chi connectivity index (χ3n) is 9.42. The fraction of sp³-hybridized carbons (Fsp3) is 0.897. The third-order valence-corrected chi connectivity index (χ3v) is 10.2. The Kier molecular flexibility index (Phi) is 30.3. The highest BCUT2D eigenvalue weighted by molar-refractivity contribution is 7.21. The van der Waals surface area contributed by atoms with E-state index >= 15 is 0 Å². The van der Waals surface area contributed by atoms with Gasteiger partial charge in [0.2, 0.25) is 0 Å². The minimum Gasteiger partial charge on any atom is -0.393 e. The van der Waals surface area contributed by atoms with Gasteiger partial charge in [-0.05, 0) is 38.5 Å². The molecule has 0 spiro atoms. The predicted octanol–water partition coefficient (Wildman–Crippen LogP) is 10.7. The van der Waals surface area contributed by atoms with E-state index in [2.05, 4.69) is 26.0 Å². The third kappa shape index (κ3) is 22.6. The zero-order valence-electron chi connectivity index (χ0n) is 29.8. The molecule has 0 rings (SSSR count). The highest BCUT2D eigenvalue weighted by Gasteiger charge is 2.55. The van der Waals surface area contributed by atoms with Crippen LogP contribution in [0, 0.1) is 0 Å². The number of rotatable bonds is 35. The van der Waals surface area contributed by atoms with E-state index in [1.165, 1.54) is 116 Å². The molecule has 3 N–H and O–H groups in total. The number of hydrogen-bond donors (Lipinski definition) is 3. The fourth-order valence-corrected chi connectivity index (χ4v) is 6.46. The average molecular weight is 655 g/mol. The van der Waals surface area contributed by atoms with E-state index in [1.54, 1.807) is 0 Å². The summed E-state index contributed by atoms with van der Waals surface area (Å²) in [5.41, 5.74) is -2.48. The van der Waals surface area contributed by atoms with Crippen molar-refractivity contribution in [2.75, 3.05) is 6.61 Å². The maximum absolute atomic E-state index is 12.9. The second kappa shape index (κ2) is 30.7. The first kappa shape index (κ1) is 44.4. The largest absolute Gasteiger partial charge is 0.393 e. The van der Waals surface area contributed by atoms with Gasteiger partial charge in [0.1, 0.15) is 0 Å². The van der Waals surface area contributed by atoms with Crippen LogP contribution in [0.25, 0.3) is 0 Å². The Bertz CT molecular complexity index is 722. The molecule has 6 heteroatoms. The summed E-state index contributed by atoms with van der Waals surface area (Å²) < 4.78 is 0. The van der Waals surface area contributed by atoms with Gasteiger partial charge in [0.25, 0.3) is 0 Å². The lowest BCUT2D eigenvalue weighted by Crippen LogP contribution is -2.62. The summed E-state index contributed by atoms with van der Waals surface area (Å²) >= 11 is 0. The Balaban J connectivity index is 3.99. The lowest BCUT2D eigenvalue weighted by molar-refractivity contribution is -0.172. The Hall–Kier alpha value is -0.610. The van der Waals surface area contributed by atoms with Crippen LogP contribution in [-0.2, 0) is 9.59 Å². The zero-order chi connectivity index (χ0) is 33.5. The number of Topliss-reactive ketones (excluding diaryl/α,β-unsaturated/α-hetero) is 2. The van der Waals surface area contributed by atoms with Crippen molar-refractivity contribution in [2.45, 2.75) is 217 Å². The number of carbonyl (C=O) groups excluding carboxylic acids is 2. The molecule has 0 aliphatic rings. The molecule has 0 aromatic carbocycles. The van der Waals surface area contributed by atoms with Crippen molar-refractivity contribution in [2.24, 2.45) is 0 Å². The quantitative estimate of drug-likeness (QED) is 0.0359. The second-order valence-corrected chi connectivity index (χ2v) is 14.5. The van der Waals surface area contributed by atoms with Gasteiger partial charge in [0, 0.05) is 12.8 Å². The molecular weight excluding hydrogens is 579 g/mol. The van der Waals surface area contributed by atoms with Crippen molar-refractivity contribution in [3.05, 3.63) is 12.2 Å². The van der Waals surface area contributed by atoms with E-state index in [1.807, 2.05) is 9.24 Å². The monoisotopic (exact) mass is 655 g/mol. The smallest absolute Gasteiger partial charge is 0.185 e. The summed E-state index contributed by atoms with van der Waals surface area (Å²) in [7, 11) is 1.96. The van der Waals surface area contributed by atoms with Gasteiger partial charge in [-0.1, -0.05) is 176 Å². The van der Waals surface area contributed by atoms with Gasteiger partial charge >= 0.3 is 0 Å². The lowest BCUT2D eigenvalue weighted by atomic mass is 9.85. The first-order valence-corrected chi connectivity index (χ1v) is 19.9. The topological polar surface area (TPSA) is 94.8 Å². The first-order valence-electron chi connectivity index (χ1n) is 19.3. The van der Waals surface area contributed by atoms with Crippen molar-refractivity contribution >= 4 is 20.8 Å². The summed E-state index contributed by atoms with van der Waals surface area (Å²) in [5, 5.41) is 29.3. The Morgan fingerprint density at radius 1 is 0.489 bits per heavy atom. The van der Waals surface area contributed by atoms with Crippen LogP contribution in [0.3, 0.4) is 0 Å². The summed E-state index contributed by atoms with van der Waals surface area (Å²) in [6.07, 6.45) is 37.9. The average Bonchev–Trinajstić information content (AvgIpc) is 3.03. The van der Waals surface area contributed by atoms with Crippen LogP contribution in [0.2, 0.25) is 0 Å². The predicted molar refractivity (Wildman–Crippen MR) is 196 cm³/mol. The number of hydrogen-bond acceptors (Lipinski definition) is 5.